The molecule has 1 aromatic rings. The van der Waals surface area contributed by atoms with Crippen LogP contribution in [-0.4, -0.2) is 53.7 Å². The number of nitrogens with one attached hydrogen (secondary N) is 2. The predicted octanol–water partition coefficient (Wildman–Crippen LogP) is -0.267. The van der Waals surface area contributed by atoms with Crippen LogP contribution in [0.25, 0.3) is 0 Å². The molecule has 0 aliphatic carbocycles. The molecule has 124 valence electrons. The molecule has 1 aliphatic heterocycles. The number of ether oxygens (including phenoxy) is 1. The molecular weight excluding hydrogens is 284 g/mol. The Balaban J connectivity index is 1.88. The zero-order valence-electron chi connectivity index (χ0n) is 13.6. The Morgan fingerprint density at radius 3 is 2.91 bits per heavy atom. The van der Waals surface area contributed by atoms with Gasteiger partial charge in [0.05, 0.1) is 31.9 Å². The summed E-state index contributed by atoms with van der Waals surface area (Å²) in [5, 5.41) is 20.9. The number of aromatic nitrogens is 2. The molecule has 1 saturated heterocycles. The number of hydrogen-bond acceptors (Lipinski definition) is 6. The van der Waals surface area contributed by atoms with Crippen molar-refractivity contribution in [3.8, 4) is 0 Å². The molecule has 0 amide bonds. The van der Waals surface area contributed by atoms with Gasteiger partial charge < -0.3 is 20.5 Å². The maximum atomic E-state index is 11.2. The summed E-state index contributed by atoms with van der Waals surface area (Å²) in [7, 11) is 1.39. The van der Waals surface area contributed by atoms with Gasteiger partial charge in [-0.25, -0.2) is 0 Å². The first-order valence-electron chi connectivity index (χ1n) is 7.72. The quantitative estimate of drug-likeness (QED) is 0.601. The van der Waals surface area contributed by atoms with Crippen molar-refractivity contribution in [1.82, 2.24) is 20.4 Å². The van der Waals surface area contributed by atoms with E-state index in [-0.39, 0.29) is 18.0 Å². The van der Waals surface area contributed by atoms with E-state index >= 15 is 0 Å². The van der Waals surface area contributed by atoms with Gasteiger partial charge in [0.15, 0.2) is 0 Å². The molecular formula is C15H26N4O3. The maximum absolute atomic E-state index is 11.2. The number of hydrogen-bond donors (Lipinski definition) is 3. The van der Waals surface area contributed by atoms with Crippen LogP contribution in [0.3, 0.4) is 0 Å². The summed E-state index contributed by atoms with van der Waals surface area (Å²) >= 11 is 0. The van der Waals surface area contributed by atoms with Crippen molar-refractivity contribution in [2.45, 2.75) is 39.5 Å². The highest BCUT2D eigenvalue weighted by atomic mass is 16.5. The molecule has 2 rings (SSSR count). The number of β-amino-alcohol motifs (C(OH)–C–C–N with tert-alkyl or cyclic N) is 1. The standard InChI is InChI=1S/C15H26N4O3/c1-10-13(8-16-6-12-7-17-9-14(12)20)11(2)19(18-10)5-4-15(21)22-3/h12,14,16-17,20H,4-9H2,1-3H3. The molecule has 2 unspecified atom stereocenters. The van der Waals surface area contributed by atoms with Crippen LogP contribution in [0.4, 0.5) is 0 Å². The highest BCUT2D eigenvalue weighted by molar-refractivity contribution is 5.68. The fourth-order valence-corrected chi connectivity index (χ4v) is 2.82. The molecule has 2 heterocycles. The second-order valence-electron chi connectivity index (χ2n) is 5.82. The maximum Gasteiger partial charge on any atom is 0.307 e. The van der Waals surface area contributed by atoms with E-state index in [9.17, 15) is 9.90 Å². The van der Waals surface area contributed by atoms with Crippen molar-refractivity contribution in [3.63, 3.8) is 0 Å². The molecule has 0 aromatic carbocycles. The number of aliphatic hydroxyl groups is 1. The van der Waals surface area contributed by atoms with Crippen LogP contribution in [0.5, 0.6) is 0 Å². The zero-order valence-corrected chi connectivity index (χ0v) is 13.6. The van der Waals surface area contributed by atoms with Crippen LogP contribution >= 0.6 is 0 Å². The van der Waals surface area contributed by atoms with Gasteiger partial charge in [0.2, 0.25) is 0 Å². The van der Waals surface area contributed by atoms with Crippen LogP contribution in [0.1, 0.15) is 23.4 Å². The van der Waals surface area contributed by atoms with Crippen LogP contribution in [0.2, 0.25) is 0 Å². The first kappa shape index (κ1) is 16.9. The topological polar surface area (TPSA) is 88.4 Å². The highest BCUT2D eigenvalue weighted by Crippen LogP contribution is 2.14. The van der Waals surface area contributed by atoms with Gasteiger partial charge in [-0.15, -0.1) is 0 Å². The average Bonchev–Trinajstić information content (AvgIpc) is 3.02. The van der Waals surface area contributed by atoms with Gasteiger partial charge in [0.25, 0.3) is 0 Å². The van der Waals surface area contributed by atoms with E-state index < -0.39 is 0 Å². The van der Waals surface area contributed by atoms with Crippen LogP contribution in [0, 0.1) is 19.8 Å². The number of aliphatic hydroxyl groups excluding tert-OH is 1. The van der Waals surface area contributed by atoms with Crippen LogP contribution in [-0.2, 0) is 22.6 Å². The molecule has 7 nitrogen and oxygen atoms in total. The van der Waals surface area contributed by atoms with E-state index in [0.717, 1.165) is 36.6 Å². The summed E-state index contributed by atoms with van der Waals surface area (Å²) in [5.74, 6) is 0.0323. The fraction of sp³-hybridized carbons (Fsp3) is 0.733. The molecule has 0 saturated carbocycles. The van der Waals surface area contributed by atoms with E-state index in [1.165, 1.54) is 7.11 Å². The number of carbonyl (C=O) groups excluding carboxylic acids is 1. The molecule has 0 spiro atoms. The van der Waals surface area contributed by atoms with E-state index in [1.807, 2.05) is 18.5 Å². The Kier molecular flexibility index (Phi) is 5.93. The molecule has 3 N–H and O–H groups in total. The van der Waals surface area contributed by atoms with E-state index in [4.69, 9.17) is 0 Å². The zero-order chi connectivity index (χ0) is 16.1. The minimum atomic E-state index is -0.266. The third-order valence-corrected chi connectivity index (χ3v) is 4.30. The number of nitrogens with zero attached hydrogens (tertiary/aromatic N) is 2. The Hall–Kier alpha value is -1.44. The summed E-state index contributed by atoms with van der Waals surface area (Å²) in [6, 6.07) is 0. The monoisotopic (exact) mass is 310 g/mol. The number of aryl methyl sites for hydroxylation is 2. The lowest BCUT2D eigenvalue weighted by Crippen LogP contribution is -2.30. The van der Waals surface area contributed by atoms with Crippen LogP contribution < -0.4 is 10.6 Å². The van der Waals surface area contributed by atoms with Crippen molar-refractivity contribution in [3.05, 3.63) is 17.0 Å². The third-order valence-electron chi connectivity index (χ3n) is 4.30. The summed E-state index contributed by atoms with van der Waals surface area (Å²) in [5.41, 5.74) is 3.20. The van der Waals surface area contributed by atoms with E-state index in [0.29, 0.717) is 19.5 Å². The number of carbonyl (C=O) groups is 1. The highest BCUT2D eigenvalue weighted by Gasteiger charge is 2.24. The normalized spacial score (nSPS) is 21.3. The molecule has 0 radical (unpaired) electrons. The Bertz CT molecular complexity index is 515. The second kappa shape index (κ2) is 7.71. The summed E-state index contributed by atoms with van der Waals surface area (Å²) < 4.78 is 6.52. The molecule has 1 aliphatic rings. The van der Waals surface area contributed by atoms with Gasteiger partial charge in [0.1, 0.15) is 0 Å². The predicted molar refractivity (Wildman–Crippen MR) is 82.4 cm³/mol. The van der Waals surface area contributed by atoms with Gasteiger partial charge in [-0.3, -0.25) is 9.48 Å². The third kappa shape index (κ3) is 4.06. The van der Waals surface area contributed by atoms with E-state index in [2.05, 4.69) is 20.5 Å². The molecule has 0 bridgehead atoms. The van der Waals surface area contributed by atoms with Crippen molar-refractivity contribution < 1.29 is 14.6 Å². The fourth-order valence-electron chi connectivity index (χ4n) is 2.82. The van der Waals surface area contributed by atoms with Gasteiger partial charge in [0, 0.05) is 43.4 Å². The van der Waals surface area contributed by atoms with E-state index in [1.54, 1.807) is 0 Å². The first-order valence-corrected chi connectivity index (χ1v) is 7.72. The molecule has 2 atom stereocenters. The van der Waals surface area contributed by atoms with Crippen molar-refractivity contribution in [1.29, 1.82) is 0 Å². The van der Waals surface area contributed by atoms with Crippen molar-refractivity contribution >= 4 is 5.97 Å². The Morgan fingerprint density at radius 2 is 2.27 bits per heavy atom. The number of esters is 1. The van der Waals surface area contributed by atoms with Gasteiger partial charge in [-0.1, -0.05) is 0 Å². The van der Waals surface area contributed by atoms with Crippen molar-refractivity contribution in [2.24, 2.45) is 5.92 Å². The SMILES string of the molecule is COC(=O)CCn1nc(C)c(CNCC2CNCC2O)c1C. The van der Waals surface area contributed by atoms with Crippen molar-refractivity contribution in [2.75, 3.05) is 26.7 Å². The lowest BCUT2D eigenvalue weighted by atomic mass is 10.1. The molecule has 22 heavy (non-hydrogen) atoms. The Morgan fingerprint density at radius 1 is 1.50 bits per heavy atom. The van der Waals surface area contributed by atoms with Gasteiger partial charge in [-0.2, -0.15) is 5.10 Å². The van der Waals surface area contributed by atoms with Crippen LogP contribution in [0.15, 0.2) is 0 Å². The van der Waals surface area contributed by atoms with Gasteiger partial charge >= 0.3 is 5.97 Å². The smallest absolute Gasteiger partial charge is 0.307 e. The molecule has 1 aromatic heterocycles. The second-order valence-corrected chi connectivity index (χ2v) is 5.82. The lowest BCUT2D eigenvalue weighted by molar-refractivity contribution is -0.140. The minimum absolute atomic E-state index is 0.227. The number of rotatable bonds is 7. The lowest BCUT2D eigenvalue weighted by Gasteiger charge is -2.14. The largest absolute Gasteiger partial charge is 0.469 e. The minimum Gasteiger partial charge on any atom is -0.469 e. The molecule has 1 fully saturated rings. The number of methoxy groups -OCH3 is 1. The first-order chi connectivity index (χ1) is 10.5. The summed E-state index contributed by atoms with van der Waals surface area (Å²) in [6.07, 6.45) is 0.0584. The Labute approximate surface area is 131 Å². The average molecular weight is 310 g/mol. The summed E-state index contributed by atoms with van der Waals surface area (Å²) in [6.45, 7) is 7.55. The summed E-state index contributed by atoms with van der Waals surface area (Å²) in [4.78, 5) is 11.2. The molecule has 7 heteroatoms. The van der Waals surface area contributed by atoms with Gasteiger partial charge in [-0.05, 0) is 13.8 Å².